The summed E-state index contributed by atoms with van der Waals surface area (Å²) in [5.41, 5.74) is 6.23. The highest BCUT2D eigenvalue weighted by Crippen LogP contribution is 2.56. The third-order valence-corrected chi connectivity index (χ3v) is 5.14. The number of nitrogen functional groups attached to an aromatic ring is 1. The zero-order valence-electron chi connectivity index (χ0n) is 10.3. The molecule has 0 aromatic carbocycles. The first-order valence-corrected chi connectivity index (χ1v) is 6.74. The number of anilines is 1. The zero-order valence-corrected chi connectivity index (χ0v) is 10.3. The predicted molar refractivity (Wildman–Crippen MR) is 61.8 cm³/mol. The maximum Gasteiger partial charge on any atom is 0.396 e. The van der Waals surface area contributed by atoms with Crippen molar-refractivity contribution in [3.8, 4) is 0 Å². The fourth-order valence-electron chi connectivity index (χ4n) is 5.05. The van der Waals surface area contributed by atoms with E-state index in [0.717, 1.165) is 17.8 Å². The molecule has 5 heteroatoms. The van der Waals surface area contributed by atoms with Crippen LogP contribution in [0.3, 0.4) is 0 Å². The lowest BCUT2D eigenvalue weighted by Crippen LogP contribution is -2.66. The van der Waals surface area contributed by atoms with E-state index in [0.29, 0.717) is 5.95 Å². The summed E-state index contributed by atoms with van der Waals surface area (Å²) in [6, 6.07) is 0. The summed E-state index contributed by atoms with van der Waals surface area (Å²) in [4.78, 5) is 1.61. The van der Waals surface area contributed by atoms with E-state index < -0.39 is 0 Å². The van der Waals surface area contributed by atoms with E-state index in [1.807, 2.05) is 11.7 Å². The molecule has 4 fully saturated rings. The first-order valence-electron chi connectivity index (χ1n) is 6.74. The molecule has 5 nitrogen and oxygen atoms in total. The van der Waals surface area contributed by atoms with Crippen molar-refractivity contribution in [3.05, 3.63) is 0 Å². The fourth-order valence-corrected chi connectivity index (χ4v) is 5.05. The van der Waals surface area contributed by atoms with Crippen LogP contribution in [0.1, 0.15) is 38.5 Å². The highest BCUT2D eigenvalue weighted by molar-refractivity contribution is 5.04. The van der Waals surface area contributed by atoms with Gasteiger partial charge in [0, 0.05) is 5.21 Å². The van der Waals surface area contributed by atoms with Gasteiger partial charge in [0.1, 0.15) is 12.6 Å². The molecule has 0 spiro atoms. The second kappa shape index (κ2) is 3.00. The van der Waals surface area contributed by atoms with Gasteiger partial charge in [0.25, 0.3) is 0 Å². The van der Waals surface area contributed by atoms with Crippen molar-refractivity contribution in [3.63, 3.8) is 0 Å². The van der Waals surface area contributed by atoms with Gasteiger partial charge in [-0.2, -0.15) is 0 Å². The third kappa shape index (κ3) is 1.28. The van der Waals surface area contributed by atoms with E-state index in [9.17, 15) is 0 Å². The number of nitrogens with zero attached hydrogens (tertiary/aromatic N) is 4. The molecule has 2 N–H and O–H groups in total. The molecule has 4 aliphatic rings. The summed E-state index contributed by atoms with van der Waals surface area (Å²) in [5.74, 6) is 3.33. The second-order valence-electron chi connectivity index (χ2n) is 6.49. The molecule has 0 atom stereocenters. The van der Waals surface area contributed by atoms with Crippen molar-refractivity contribution in [2.24, 2.45) is 24.8 Å². The van der Waals surface area contributed by atoms with Gasteiger partial charge < -0.3 is 5.73 Å². The molecule has 0 amide bonds. The van der Waals surface area contributed by atoms with Gasteiger partial charge in [-0.15, -0.1) is 4.68 Å². The summed E-state index contributed by atoms with van der Waals surface area (Å²) in [5, 5.41) is 8.71. The summed E-state index contributed by atoms with van der Waals surface area (Å²) < 4.78 is 2.04. The lowest BCUT2D eigenvalue weighted by Gasteiger charge is -2.54. The molecular weight excluding hydrogens is 214 g/mol. The molecule has 1 heterocycles. The molecular formula is C12H20N5+. The molecule has 0 saturated heterocycles. The van der Waals surface area contributed by atoms with Crippen LogP contribution in [-0.4, -0.2) is 15.1 Å². The van der Waals surface area contributed by atoms with Crippen molar-refractivity contribution in [2.45, 2.75) is 44.1 Å². The van der Waals surface area contributed by atoms with Crippen LogP contribution in [0.4, 0.5) is 5.95 Å². The first-order chi connectivity index (χ1) is 8.14. The molecule has 1 aromatic rings. The Morgan fingerprint density at radius 3 is 2.12 bits per heavy atom. The molecule has 1 aromatic heterocycles. The summed E-state index contributed by atoms with van der Waals surface area (Å²) in [6.07, 6.45) is 8.14. The lowest BCUT2D eigenvalue weighted by molar-refractivity contribution is -0.815. The van der Waals surface area contributed by atoms with E-state index in [4.69, 9.17) is 5.73 Å². The summed E-state index contributed by atoms with van der Waals surface area (Å²) >= 11 is 0. The van der Waals surface area contributed by atoms with Gasteiger partial charge in [-0.3, -0.25) is 0 Å². The predicted octanol–water partition coefficient (Wildman–Crippen LogP) is 0.610. The molecule has 0 aliphatic heterocycles. The molecule has 4 bridgehead atoms. The molecule has 0 radical (unpaired) electrons. The van der Waals surface area contributed by atoms with Crippen LogP contribution in [0, 0.1) is 17.8 Å². The maximum atomic E-state index is 6.03. The van der Waals surface area contributed by atoms with Gasteiger partial charge >= 0.3 is 5.95 Å². The van der Waals surface area contributed by atoms with Gasteiger partial charge in [0.15, 0.2) is 0 Å². The van der Waals surface area contributed by atoms with E-state index in [1.54, 1.807) is 4.80 Å². The van der Waals surface area contributed by atoms with Gasteiger partial charge in [0.05, 0.1) is 5.10 Å². The molecule has 4 saturated carbocycles. The Morgan fingerprint density at radius 2 is 1.71 bits per heavy atom. The van der Waals surface area contributed by atoms with E-state index in [2.05, 4.69) is 10.3 Å². The molecule has 92 valence electrons. The SMILES string of the molecule is Cn1nc(N)[n+](C23CC4CC(CC(C4)C2)C3)n1. The minimum absolute atomic E-state index is 0.201. The largest absolute Gasteiger partial charge is 0.396 e. The number of tetrazole rings is 1. The van der Waals surface area contributed by atoms with Crippen LogP contribution < -0.4 is 10.4 Å². The first kappa shape index (κ1) is 9.85. The van der Waals surface area contributed by atoms with Crippen LogP contribution >= 0.6 is 0 Å². The topological polar surface area (TPSA) is 60.6 Å². The standard InChI is InChI=1S/C12H20N5/c1-16-14-11(13)17(15-16)12-5-8-2-9(6-12)4-10(3-8)7-12/h8-10H,2-7H2,1H3,(H2,13,14,15)/q+1. The Bertz CT molecular complexity index is 428. The molecule has 0 unspecified atom stereocenters. The summed E-state index contributed by atoms with van der Waals surface area (Å²) in [6.45, 7) is 0. The third-order valence-electron chi connectivity index (χ3n) is 5.14. The van der Waals surface area contributed by atoms with Crippen LogP contribution in [0.2, 0.25) is 0 Å². The van der Waals surface area contributed by atoms with E-state index >= 15 is 0 Å². The summed E-state index contributed by atoms with van der Waals surface area (Å²) in [7, 11) is 1.85. The molecule has 4 aliphatic carbocycles. The van der Waals surface area contributed by atoms with Crippen molar-refractivity contribution in [2.75, 3.05) is 5.73 Å². The molecule has 5 rings (SSSR count). The Balaban J connectivity index is 1.79. The van der Waals surface area contributed by atoms with E-state index in [1.165, 1.54) is 38.5 Å². The average Bonchev–Trinajstić information content (AvgIpc) is 2.56. The second-order valence-corrected chi connectivity index (χ2v) is 6.49. The highest BCUT2D eigenvalue weighted by Gasteiger charge is 2.55. The Kier molecular flexibility index (Phi) is 1.74. The van der Waals surface area contributed by atoms with Crippen LogP contribution in [0.15, 0.2) is 0 Å². The van der Waals surface area contributed by atoms with Crippen molar-refractivity contribution in [1.29, 1.82) is 0 Å². The zero-order chi connectivity index (χ0) is 11.6. The number of aromatic nitrogens is 4. The number of rotatable bonds is 1. The van der Waals surface area contributed by atoms with Crippen molar-refractivity contribution < 1.29 is 4.68 Å². The number of nitrogens with two attached hydrogens (primary N) is 1. The highest BCUT2D eigenvalue weighted by atomic mass is 15.6. The monoisotopic (exact) mass is 234 g/mol. The van der Waals surface area contributed by atoms with Crippen LogP contribution in [0.25, 0.3) is 0 Å². The van der Waals surface area contributed by atoms with E-state index in [-0.39, 0.29) is 5.54 Å². The minimum atomic E-state index is 0.201. The van der Waals surface area contributed by atoms with Crippen molar-refractivity contribution >= 4 is 5.95 Å². The number of hydrogen-bond acceptors (Lipinski definition) is 3. The smallest absolute Gasteiger partial charge is 0.304 e. The number of aryl methyl sites for hydroxylation is 1. The van der Waals surface area contributed by atoms with Crippen LogP contribution in [0.5, 0.6) is 0 Å². The Labute approximate surface area is 101 Å². The average molecular weight is 234 g/mol. The quantitative estimate of drug-likeness (QED) is 0.724. The number of hydrogen-bond donors (Lipinski definition) is 1. The normalized spacial score (nSPS) is 43.2. The Hall–Kier alpha value is -1.13. The van der Waals surface area contributed by atoms with Gasteiger partial charge in [-0.05, 0) is 56.3 Å². The van der Waals surface area contributed by atoms with Crippen molar-refractivity contribution in [1.82, 2.24) is 15.1 Å². The lowest BCUT2D eigenvalue weighted by atomic mass is 9.53. The Morgan fingerprint density at radius 1 is 1.18 bits per heavy atom. The maximum absolute atomic E-state index is 6.03. The van der Waals surface area contributed by atoms with Gasteiger partial charge in [-0.1, -0.05) is 4.80 Å². The van der Waals surface area contributed by atoms with Gasteiger partial charge in [-0.25, -0.2) is 0 Å². The fraction of sp³-hybridized carbons (Fsp3) is 0.917. The van der Waals surface area contributed by atoms with Crippen LogP contribution in [-0.2, 0) is 12.6 Å². The van der Waals surface area contributed by atoms with Gasteiger partial charge in [0.2, 0.25) is 0 Å². The molecule has 17 heavy (non-hydrogen) atoms. The minimum Gasteiger partial charge on any atom is -0.304 e.